The SMILES string of the molecule is C=CC[n+]1ccccc1C(=O)c1ccc(Cl)cc1.O=S(=O)([O-])C(F)(F)F. The van der Waals surface area contributed by atoms with Crippen molar-refractivity contribution in [2.24, 2.45) is 0 Å². The summed E-state index contributed by atoms with van der Waals surface area (Å²) in [7, 11) is -6.09. The van der Waals surface area contributed by atoms with E-state index in [2.05, 4.69) is 6.58 Å². The van der Waals surface area contributed by atoms with Gasteiger partial charge in [0.25, 0.3) is 11.5 Å². The predicted molar refractivity (Wildman–Crippen MR) is 87.5 cm³/mol. The van der Waals surface area contributed by atoms with Gasteiger partial charge in [0.1, 0.15) is 0 Å². The summed E-state index contributed by atoms with van der Waals surface area (Å²) in [5.74, 6) is -0.0193. The first kappa shape index (κ1) is 21.8. The second-order valence-electron chi connectivity index (χ2n) is 4.76. The number of hydrogen-bond donors (Lipinski definition) is 0. The van der Waals surface area contributed by atoms with E-state index in [1.807, 2.05) is 22.9 Å². The average molecular weight is 408 g/mol. The van der Waals surface area contributed by atoms with Crippen molar-refractivity contribution >= 4 is 27.5 Å². The molecule has 1 aromatic carbocycles. The van der Waals surface area contributed by atoms with Crippen LogP contribution in [0.4, 0.5) is 13.2 Å². The molecule has 0 atom stereocenters. The average Bonchev–Trinajstić information content (AvgIpc) is 2.54. The molecule has 0 aliphatic rings. The van der Waals surface area contributed by atoms with E-state index in [4.69, 9.17) is 24.6 Å². The maximum atomic E-state index is 12.4. The van der Waals surface area contributed by atoms with Crippen LogP contribution in [0.25, 0.3) is 0 Å². The molecule has 0 spiro atoms. The van der Waals surface area contributed by atoms with E-state index < -0.39 is 15.6 Å². The largest absolute Gasteiger partial charge is 0.741 e. The predicted octanol–water partition coefficient (Wildman–Crippen LogP) is 3.10. The van der Waals surface area contributed by atoms with Gasteiger partial charge in [-0.1, -0.05) is 18.2 Å². The second-order valence-corrected chi connectivity index (χ2v) is 6.57. The van der Waals surface area contributed by atoms with Gasteiger partial charge in [0.2, 0.25) is 0 Å². The summed E-state index contributed by atoms with van der Waals surface area (Å²) in [6.07, 6.45) is 3.63. The van der Waals surface area contributed by atoms with E-state index >= 15 is 0 Å². The molecule has 0 amide bonds. The number of pyridine rings is 1. The van der Waals surface area contributed by atoms with Gasteiger partial charge in [0.15, 0.2) is 22.9 Å². The Kier molecular flexibility index (Phi) is 7.49. The number of hydrogen-bond acceptors (Lipinski definition) is 4. The molecule has 0 bridgehead atoms. The number of alkyl halides is 3. The third-order valence-corrected chi connectivity index (χ3v) is 3.71. The van der Waals surface area contributed by atoms with Crippen molar-refractivity contribution in [1.29, 1.82) is 0 Å². The van der Waals surface area contributed by atoms with Gasteiger partial charge in [-0.2, -0.15) is 17.7 Å². The number of halogens is 4. The minimum absolute atomic E-state index is 0.0193. The standard InChI is InChI=1S/C15H13ClNO.CHF3O3S/c1-2-10-17-11-4-3-5-14(17)15(18)12-6-8-13(16)9-7-12;2-1(3,4)8(5,6)7/h2-9,11H,1,10H2;(H,5,6,7)/q+1;/p-1. The molecule has 0 fully saturated rings. The Balaban J connectivity index is 0.000000359. The van der Waals surface area contributed by atoms with Gasteiger partial charge in [-0.05, 0) is 36.4 Å². The third kappa shape index (κ3) is 6.25. The normalized spacial score (nSPS) is 11.3. The second kappa shape index (κ2) is 8.93. The van der Waals surface area contributed by atoms with Crippen LogP contribution < -0.4 is 4.57 Å². The number of carbonyl (C=O) groups excluding carboxylic acids is 1. The molecule has 2 rings (SSSR count). The van der Waals surface area contributed by atoms with E-state index in [0.717, 1.165) is 0 Å². The maximum absolute atomic E-state index is 12.4. The number of rotatable bonds is 4. The van der Waals surface area contributed by atoms with Crippen molar-refractivity contribution in [2.45, 2.75) is 12.1 Å². The Morgan fingerprint density at radius 2 is 1.73 bits per heavy atom. The summed E-state index contributed by atoms with van der Waals surface area (Å²) < 4.78 is 60.8. The molecule has 0 aliphatic carbocycles. The zero-order valence-electron chi connectivity index (χ0n) is 13.1. The Bertz CT molecular complexity index is 881. The van der Waals surface area contributed by atoms with Crippen molar-refractivity contribution in [3.63, 3.8) is 0 Å². The molecular formula is C16H13ClF3NO4S. The van der Waals surface area contributed by atoms with Crippen LogP contribution in [0.1, 0.15) is 16.1 Å². The van der Waals surface area contributed by atoms with Crippen LogP contribution in [0, 0.1) is 0 Å². The summed E-state index contributed by atoms with van der Waals surface area (Å²) in [4.78, 5) is 12.4. The van der Waals surface area contributed by atoms with Crippen LogP contribution in [-0.2, 0) is 16.7 Å². The van der Waals surface area contributed by atoms with Crippen molar-refractivity contribution in [3.8, 4) is 0 Å². The monoisotopic (exact) mass is 407 g/mol. The lowest BCUT2D eigenvalue weighted by Gasteiger charge is -2.08. The molecular weight excluding hydrogens is 395 g/mol. The number of carbonyl (C=O) groups is 1. The van der Waals surface area contributed by atoms with Crippen molar-refractivity contribution in [1.82, 2.24) is 0 Å². The number of ketones is 1. The van der Waals surface area contributed by atoms with Gasteiger partial charge in [-0.3, -0.25) is 4.79 Å². The highest BCUT2D eigenvalue weighted by molar-refractivity contribution is 7.86. The summed E-state index contributed by atoms with van der Waals surface area (Å²) in [5, 5.41) is 0.624. The highest BCUT2D eigenvalue weighted by Crippen LogP contribution is 2.20. The molecule has 0 saturated heterocycles. The highest BCUT2D eigenvalue weighted by atomic mass is 35.5. The Morgan fingerprint density at radius 1 is 1.19 bits per heavy atom. The van der Waals surface area contributed by atoms with Gasteiger partial charge >= 0.3 is 5.51 Å². The Hall–Kier alpha value is -2.23. The summed E-state index contributed by atoms with van der Waals surface area (Å²) in [6, 6.07) is 12.4. The minimum Gasteiger partial charge on any atom is -0.741 e. The molecule has 1 heterocycles. The lowest BCUT2D eigenvalue weighted by atomic mass is 10.1. The molecule has 0 saturated carbocycles. The van der Waals surface area contributed by atoms with Crippen LogP contribution >= 0.6 is 11.6 Å². The van der Waals surface area contributed by atoms with Gasteiger partial charge in [-0.15, -0.1) is 0 Å². The third-order valence-electron chi connectivity index (χ3n) is 2.89. The lowest BCUT2D eigenvalue weighted by Crippen LogP contribution is -2.39. The molecule has 0 N–H and O–H groups in total. The van der Waals surface area contributed by atoms with Gasteiger partial charge < -0.3 is 4.55 Å². The first-order valence-corrected chi connectivity index (χ1v) is 8.67. The van der Waals surface area contributed by atoms with Crippen LogP contribution in [0.5, 0.6) is 0 Å². The molecule has 2 aromatic rings. The molecule has 0 radical (unpaired) electrons. The van der Waals surface area contributed by atoms with Crippen LogP contribution in [0.2, 0.25) is 5.02 Å². The molecule has 26 heavy (non-hydrogen) atoms. The van der Waals surface area contributed by atoms with Crippen LogP contribution in [0.3, 0.4) is 0 Å². The summed E-state index contributed by atoms with van der Waals surface area (Å²) in [6.45, 7) is 4.30. The van der Waals surface area contributed by atoms with E-state index in [9.17, 15) is 18.0 Å². The lowest BCUT2D eigenvalue weighted by molar-refractivity contribution is -0.688. The van der Waals surface area contributed by atoms with Gasteiger partial charge in [0, 0.05) is 22.7 Å². The zero-order chi connectivity index (χ0) is 20.0. The topological polar surface area (TPSA) is 78.1 Å². The summed E-state index contributed by atoms with van der Waals surface area (Å²) in [5.41, 5.74) is -4.38. The molecule has 0 unspecified atom stereocenters. The quantitative estimate of drug-likeness (QED) is 0.256. The fourth-order valence-corrected chi connectivity index (χ4v) is 1.86. The summed E-state index contributed by atoms with van der Waals surface area (Å²) >= 11 is 5.81. The first-order chi connectivity index (χ1) is 12.0. The van der Waals surface area contributed by atoms with Gasteiger partial charge in [0.05, 0.1) is 0 Å². The Labute approximate surface area is 153 Å². The van der Waals surface area contributed by atoms with Gasteiger partial charge in [-0.25, -0.2) is 8.42 Å². The van der Waals surface area contributed by atoms with E-state index in [-0.39, 0.29) is 5.78 Å². The van der Waals surface area contributed by atoms with Crippen molar-refractivity contribution in [2.75, 3.05) is 0 Å². The number of aromatic nitrogens is 1. The fourth-order valence-electron chi connectivity index (χ4n) is 1.73. The van der Waals surface area contributed by atoms with Crippen molar-refractivity contribution < 1.29 is 35.5 Å². The van der Waals surface area contributed by atoms with E-state index in [1.165, 1.54) is 0 Å². The molecule has 5 nitrogen and oxygen atoms in total. The number of nitrogens with zero attached hydrogens (tertiary/aromatic N) is 1. The first-order valence-electron chi connectivity index (χ1n) is 6.89. The van der Waals surface area contributed by atoms with E-state index in [1.54, 1.807) is 36.4 Å². The minimum atomic E-state index is -6.09. The molecule has 10 heteroatoms. The number of allylic oxidation sites excluding steroid dienone is 1. The molecule has 1 aromatic heterocycles. The Morgan fingerprint density at radius 3 is 2.19 bits per heavy atom. The fraction of sp³-hybridized carbons (Fsp3) is 0.125. The molecule has 0 aliphatic heterocycles. The number of benzene rings is 1. The highest BCUT2D eigenvalue weighted by Gasteiger charge is 2.36. The molecule has 140 valence electrons. The van der Waals surface area contributed by atoms with Crippen molar-refractivity contribution in [3.05, 3.63) is 77.6 Å². The van der Waals surface area contributed by atoms with Crippen LogP contribution in [0.15, 0.2) is 61.3 Å². The van der Waals surface area contributed by atoms with E-state index in [0.29, 0.717) is 22.8 Å². The smallest absolute Gasteiger partial charge is 0.485 e. The van der Waals surface area contributed by atoms with Crippen LogP contribution in [-0.4, -0.2) is 24.3 Å². The maximum Gasteiger partial charge on any atom is 0.485 e. The zero-order valence-corrected chi connectivity index (χ0v) is 14.7.